The van der Waals surface area contributed by atoms with Crippen molar-refractivity contribution in [1.82, 2.24) is 15.5 Å². The Kier molecular flexibility index (Phi) is 6.38. The summed E-state index contributed by atoms with van der Waals surface area (Å²) in [5.74, 6) is -0.500. The van der Waals surface area contributed by atoms with Crippen molar-refractivity contribution in [3.63, 3.8) is 0 Å². The van der Waals surface area contributed by atoms with Gasteiger partial charge in [-0.2, -0.15) is 0 Å². The van der Waals surface area contributed by atoms with Crippen molar-refractivity contribution in [3.05, 3.63) is 12.7 Å². The van der Waals surface area contributed by atoms with Crippen LogP contribution in [-0.4, -0.2) is 55.5 Å². The van der Waals surface area contributed by atoms with Gasteiger partial charge in [0.25, 0.3) is 0 Å². The van der Waals surface area contributed by atoms with E-state index in [1.807, 2.05) is 4.90 Å². The van der Waals surface area contributed by atoms with Gasteiger partial charge in [-0.15, -0.1) is 6.58 Å². The summed E-state index contributed by atoms with van der Waals surface area (Å²) in [4.78, 5) is 24.6. The molecule has 1 heterocycles. The fourth-order valence-corrected chi connectivity index (χ4v) is 2.11. The van der Waals surface area contributed by atoms with E-state index in [9.17, 15) is 9.59 Å². The summed E-state index contributed by atoms with van der Waals surface area (Å²) >= 11 is 0. The van der Waals surface area contributed by atoms with Gasteiger partial charge in [0.2, 0.25) is 11.8 Å². The molecule has 0 spiro atoms. The Balaban J connectivity index is 2.50. The van der Waals surface area contributed by atoms with Crippen LogP contribution in [0.4, 0.5) is 0 Å². The first-order valence-electron chi connectivity index (χ1n) is 6.24. The molecule has 1 aliphatic rings. The minimum atomic E-state index is -0.398. The molecule has 1 saturated heterocycles. The Morgan fingerprint density at radius 2 is 2.06 bits per heavy atom. The van der Waals surface area contributed by atoms with Crippen LogP contribution >= 0.6 is 0 Å². The van der Waals surface area contributed by atoms with Crippen molar-refractivity contribution >= 4 is 11.8 Å². The molecule has 0 aromatic heterocycles. The summed E-state index contributed by atoms with van der Waals surface area (Å²) in [6.45, 7) is 6.14. The van der Waals surface area contributed by atoms with Gasteiger partial charge in [0, 0.05) is 12.6 Å². The van der Waals surface area contributed by atoms with Crippen LogP contribution in [0.25, 0.3) is 0 Å². The number of carbonyl (C=O) groups excluding carboxylic acids is 2. The second kappa shape index (κ2) is 7.84. The van der Waals surface area contributed by atoms with Gasteiger partial charge in [-0.25, -0.2) is 0 Å². The monoisotopic (exact) mass is 254 g/mol. The molecule has 4 N–H and O–H groups in total. The summed E-state index contributed by atoms with van der Waals surface area (Å²) in [5, 5.41) is 5.96. The number of hydrogen-bond donors (Lipinski definition) is 3. The van der Waals surface area contributed by atoms with E-state index in [1.165, 1.54) is 0 Å². The Hall–Kier alpha value is -1.40. The van der Waals surface area contributed by atoms with E-state index < -0.39 is 5.91 Å². The van der Waals surface area contributed by atoms with E-state index in [0.717, 1.165) is 25.9 Å². The summed E-state index contributed by atoms with van der Waals surface area (Å²) < 4.78 is 0. The molecule has 2 amide bonds. The first-order valence-corrected chi connectivity index (χ1v) is 6.24. The molecular weight excluding hydrogens is 232 g/mol. The van der Waals surface area contributed by atoms with Gasteiger partial charge in [-0.1, -0.05) is 6.08 Å². The average molecular weight is 254 g/mol. The van der Waals surface area contributed by atoms with Crippen LogP contribution < -0.4 is 16.4 Å². The standard InChI is InChI=1S/C12H22N4O2/c1-2-5-15-12(18)9-16(8-11(13)17)10-3-6-14-7-4-10/h2,10,14H,1,3-9H2,(H2,13,17)(H,15,18). The molecule has 0 atom stereocenters. The number of nitrogens with one attached hydrogen (secondary N) is 2. The van der Waals surface area contributed by atoms with Crippen molar-refractivity contribution in [2.45, 2.75) is 18.9 Å². The fourth-order valence-electron chi connectivity index (χ4n) is 2.11. The lowest BCUT2D eigenvalue weighted by atomic mass is 10.0. The van der Waals surface area contributed by atoms with Crippen molar-refractivity contribution in [2.24, 2.45) is 5.73 Å². The lowest BCUT2D eigenvalue weighted by molar-refractivity contribution is -0.124. The maximum absolute atomic E-state index is 11.7. The van der Waals surface area contributed by atoms with Gasteiger partial charge < -0.3 is 16.4 Å². The summed E-state index contributed by atoms with van der Waals surface area (Å²) in [7, 11) is 0. The zero-order chi connectivity index (χ0) is 13.4. The molecule has 0 aromatic carbocycles. The maximum atomic E-state index is 11.7. The van der Waals surface area contributed by atoms with Gasteiger partial charge in [-0.05, 0) is 25.9 Å². The number of amides is 2. The highest BCUT2D eigenvalue weighted by atomic mass is 16.2. The lowest BCUT2D eigenvalue weighted by Gasteiger charge is -2.33. The zero-order valence-corrected chi connectivity index (χ0v) is 10.7. The fraction of sp³-hybridized carbons (Fsp3) is 0.667. The van der Waals surface area contributed by atoms with Crippen LogP contribution in [0.2, 0.25) is 0 Å². The smallest absolute Gasteiger partial charge is 0.234 e. The van der Waals surface area contributed by atoms with Crippen LogP contribution in [0.1, 0.15) is 12.8 Å². The molecular formula is C12H22N4O2. The minimum Gasteiger partial charge on any atom is -0.369 e. The number of piperidine rings is 1. The summed E-state index contributed by atoms with van der Waals surface area (Å²) in [6, 6.07) is 0.244. The van der Waals surface area contributed by atoms with E-state index in [2.05, 4.69) is 17.2 Å². The molecule has 18 heavy (non-hydrogen) atoms. The number of hydrogen-bond acceptors (Lipinski definition) is 4. The molecule has 102 valence electrons. The molecule has 0 aliphatic carbocycles. The van der Waals surface area contributed by atoms with E-state index in [-0.39, 0.29) is 25.0 Å². The van der Waals surface area contributed by atoms with Crippen molar-refractivity contribution < 1.29 is 9.59 Å². The largest absolute Gasteiger partial charge is 0.369 e. The summed E-state index contributed by atoms with van der Waals surface area (Å²) in [6.07, 6.45) is 3.49. The van der Waals surface area contributed by atoms with Crippen LogP contribution in [0.15, 0.2) is 12.7 Å². The summed E-state index contributed by atoms with van der Waals surface area (Å²) in [5.41, 5.74) is 5.23. The van der Waals surface area contributed by atoms with Crippen LogP contribution in [0.3, 0.4) is 0 Å². The predicted octanol–water partition coefficient (Wildman–Crippen LogP) is -1.17. The van der Waals surface area contributed by atoms with E-state index in [1.54, 1.807) is 6.08 Å². The van der Waals surface area contributed by atoms with E-state index >= 15 is 0 Å². The second-order valence-electron chi connectivity index (χ2n) is 4.45. The molecule has 6 nitrogen and oxygen atoms in total. The van der Waals surface area contributed by atoms with Gasteiger partial charge in [0.15, 0.2) is 0 Å². The highest BCUT2D eigenvalue weighted by molar-refractivity contribution is 5.80. The second-order valence-corrected chi connectivity index (χ2v) is 4.45. The molecule has 0 aromatic rings. The topological polar surface area (TPSA) is 87.5 Å². The van der Waals surface area contributed by atoms with Gasteiger partial charge in [0.1, 0.15) is 0 Å². The number of nitrogens with two attached hydrogens (primary N) is 1. The molecule has 1 aliphatic heterocycles. The van der Waals surface area contributed by atoms with Crippen molar-refractivity contribution in [2.75, 3.05) is 32.7 Å². The molecule has 6 heteroatoms. The van der Waals surface area contributed by atoms with Crippen molar-refractivity contribution in [3.8, 4) is 0 Å². The predicted molar refractivity (Wildman–Crippen MR) is 69.9 cm³/mol. The van der Waals surface area contributed by atoms with Gasteiger partial charge in [-0.3, -0.25) is 14.5 Å². The molecule has 0 unspecified atom stereocenters. The van der Waals surface area contributed by atoms with Gasteiger partial charge in [0.05, 0.1) is 13.1 Å². The highest BCUT2D eigenvalue weighted by Crippen LogP contribution is 2.11. The quantitative estimate of drug-likeness (QED) is 0.500. The average Bonchev–Trinajstić information content (AvgIpc) is 2.36. The third-order valence-electron chi connectivity index (χ3n) is 2.97. The Morgan fingerprint density at radius 1 is 1.39 bits per heavy atom. The number of carbonyl (C=O) groups is 2. The van der Waals surface area contributed by atoms with E-state index in [4.69, 9.17) is 5.73 Å². The first kappa shape index (κ1) is 14.7. The Bertz CT molecular complexity index is 300. The van der Waals surface area contributed by atoms with E-state index in [0.29, 0.717) is 6.54 Å². The molecule has 0 saturated carbocycles. The molecule has 0 radical (unpaired) electrons. The SMILES string of the molecule is C=CCNC(=O)CN(CC(N)=O)C1CCNCC1. The Labute approximate surface area is 108 Å². The molecule has 1 rings (SSSR count). The third kappa shape index (κ3) is 5.29. The maximum Gasteiger partial charge on any atom is 0.234 e. The number of rotatable bonds is 7. The van der Waals surface area contributed by atoms with Crippen LogP contribution in [0.5, 0.6) is 0 Å². The number of primary amides is 1. The Morgan fingerprint density at radius 3 is 2.61 bits per heavy atom. The lowest BCUT2D eigenvalue weighted by Crippen LogP contribution is -2.50. The normalized spacial score (nSPS) is 16.5. The van der Waals surface area contributed by atoms with Crippen LogP contribution in [-0.2, 0) is 9.59 Å². The first-order chi connectivity index (χ1) is 8.63. The van der Waals surface area contributed by atoms with Crippen LogP contribution in [0, 0.1) is 0 Å². The van der Waals surface area contributed by atoms with Gasteiger partial charge >= 0.3 is 0 Å². The highest BCUT2D eigenvalue weighted by Gasteiger charge is 2.23. The van der Waals surface area contributed by atoms with Crippen molar-refractivity contribution in [1.29, 1.82) is 0 Å². The third-order valence-corrected chi connectivity index (χ3v) is 2.97. The molecule has 1 fully saturated rings. The minimum absolute atomic E-state index is 0.102. The zero-order valence-electron chi connectivity index (χ0n) is 10.7. The number of nitrogens with zero attached hydrogens (tertiary/aromatic N) is 1. The molecule has 0 bridgehead atoms.